The first-order valence-corrected chi connectivity index (χ1v) is 12.7. The van der Waals surface area contributed by atoms with E-state index in [1.807, 2.05) is 30.3 Å². The van der Waals surface area contributed by atoms with Gasteiger partial charge in [0.25, 0.3) is 0 Å². The third kappa shape index (κ3) is 4.61. The highest BCUT2D eigenvalue weighted by atomic mass is 16.6. The van der Waals surface area contributed by atoms with Crippen molar-refractivity contribution < 1.29 is 29.0 Å². The van der Waals surface area contributed by atoms with Crippen molar-refractivity contribution in [3.8, 4) is 0 Å². The molecule has 2 bridgehead atoms. The Hall–Kier alpha value is -2.71. The molecule has 1 spiro atoms. The van der Waals surface area contributed by atoms with Crippen LogP contribution in [0.5, 0.6) is 0 Å². The van der Waals surface area contributed by atoms with E-state index in [1.54, 1.807) is 22.8 Å². The summed E-state index contributed by atoms with van der Waals surface area (Å²) < 4.78 is 11.7. The summed E-state index contributed by atoms with van der Waals surface area (Å²) in [6, 6.07) is 8.91. The average Bonchev–Trinajstić information content (AvgIpc) is 3.49. The molecule has 0 saturated carbocycles. The molecule has 3 aliphatic rings. The molecule has 1 N–H and O–H groups in total. The molecule has 190 valence electrons. The molecule has 1 aromatic rings. The third-order valence-corrected chi connectivity index (χ3v) is 7.53. The predicted octanol–water partition coefficient (Wildman–Crippen LogP) is 2.30. The molecular weight excluding hydrogens is 448 g/mol. The van der Waals surface area contributed by atoms with Gasteiger partial charge in [-0.05, 0) is 44.6 Å². The van der Waals surface area contributed by atoms with Crippen molar-refractivity contribution in [3.05, 3.63) is 48.6 Å². The Bertz CT molecular complexity index is 937. The average molecular weight is 485 g/mol. The van der Waals surface area contributed by atoms with Crippen LogP contribution in [0, 0.1) is 11.8 Å². The van der Waals surface area contributed by atoms with Gasteiger partial charge in [-0.2, -0.15) is 0 Å². The van der Waals surface area contributed by atoms with Gasteiger partial charge in [0, 0.05) is 26.2 Å². The van der Waals surface area contributed by atoms with Gasteiger partial charge in [0.05, 0.1) is 24.5 Å². The Labute approximate surface area is 206 Å². The number of aliphatic hydroxyl groups excluding tert-OH is 1. The molecule has 8 heteroatoms. The molecule has 3 saturated heterocycles. The second kappa shape index (κ2) is 10.9. The van der Waals surface area contributed by atoms with Crippen molar-refractivity contribution in [1.82, 2.24) is 9.80 Å². The van der Waals surface area contributed by atoms with Crippen LogP contribution in [0.3, 0.4) is 0 Å². The number of amides is 2. The van der Waals surface area contributed by atoms with Crippen molar-refractivity contribution in [3.63, 3.8) is 0 Å². The highest BCUT2D eigenvalue weighted by molar-refractivity contribution is 5.98. The van der Waals surface area contributed by atoms with E-state index in [0.29, 0.717) is 45.3 Å². The Morgan fingerprint density at radius 2 is 2.06 bits per heavy atom. The van der Waals surface area contributed by atoms with Crippen LogP contribution in [0.2, 0.25) is 0 Å². The summed E-state index contributed by atoms with van der Waals surface area (Å²) in [6.07, 6.45) is 4.49. The topological polar surface area (TPSA) is 96.4 Å². The molecule has 5 atom stereocenters. The molecule has 1 aromatic carbocycles. The minimum absolute atomic E-state index is 0.0861. The zero-order chi connectivity index (χ0) is 25.0. The van der Waals surface area contributed by atoms with E-state index in [9.17, 15) is 14.4 Å². The van der Waals surface area contributed by atoms with Crippen molar-refractivity contribution in [2.24, 2.45) is 11.8 Å². The SMILES string of the molecule is C=CCN(Cc1ccccc1)C(=O)C1N(CCCCCO)C(=O)[C@@H]2[C@@H](C(=O)OCC)[C@H]3CCC12O3. The van der Waals surface area contributed by atoms with Crippen molar-refractivity contribution >= 4 is 17.8 Å². The van der Waals surface area contributed by atoms with Crippen LogP contribution in [-0.2, 0) is 30.4 Å². The molecule has 0 aliphatic carbocycles. The fraction of sp³-hybridized carbons (Fsp3) is 0.593. The van der Waals surface area contributed by atoms with Crippen molar-refractivity contribution in [2.45, 2.75) is 63.3 Å². The maximum atomic E-state index is 14.2. The first-order chi connectivity index (χ1) is 17.0. The first kappa shape index (κ1) is 25.4. The first-order valence-electron chi connectivity index (χ1n) is 12.7. The van der Waals surface area contributed by atoms with E-state index in [0.717, 1.165) is 12.0 Å². The molecule has 2 amide bonds. The van der Waals surface area contributed by atoms with Gasteiger partial charge >= 0.3 is 5.97 Å². The van der Waals surface area contributed by atoms with Crippen LogP contribution in [0.1, 0.15) is 44.6 Å². The normalized spacial score (nSPS) is 28.7. The molecule has 3 aliphatic heterocycles. The third-order valence-electron chi connectivity index (χ3n) is 7.53. The zero-order valence-electron chi connectivity index (χ0n) is 20.4. The number of aliphatic hydroxyl groups is 1. The summed E-state index contributed by atoms with van der Waals surface area (Å²) in [5, 5.41) is 9.16. The fourth-order valence-corrected chi connectivity index (χ4v) is 6.12. The summed E-state index contributed by atoms with van der Waals surface area (Å²) in [5.41, 5.74) is -0.0415. The lowest BCUT2D eigenvalue weighted by atomic mass is 9.70. The second-order valence-corrected chi connectivity index (χ2v) is 9.62. The number of carbonyl (C=O) groups is 3. The molecule has 0 radical (unpaired) electrons. The van der Waals surface area contributed by atoms with Gasteiger partial charge in [0.1, 0.15) is 11.6 Å². The van der Waals surface area contributed by atoms with Gasteiger partial charge in [-0.25, -0.2) is 0 Å². The lowest BCUT2D eigenvalue weighted by molar-refractivity contribution is -0.155. The lowest BCUT2D eigenvalue weighted by Crippen LogP contribution is -2.56. The minimum atomic E-state index is -1.02. The van der Waals surface area contributed by atoms with E-state index < -0.39 is 35.6 Å². The molecule has 8 nitrogen and oxygen atoms in total. The number of fused-ring (bicyclic) bond motifs is 1. The maximum absolute atomic E-state index is 14.2. The van der Waals surface area contributed by atoms with Gasteiger partial charge < -0.3 is 24.4 Å². The molecule has 2 unspecified atom stereocenters. The number of benzene rings is 1. The fourth-order valence-electron chi connectivity index (χ4n) is 6.12. The minimum Gasteiger partial charge on any atom is -0.466 e. The number of nitrogens with zero attached hydrogens (tertiary/aromatic N) is 2. The zero-order valence-corrected chi connectivity index (χ0v) is 20.4. The second-order valence-electron chi connectivity index (χ2n) is 9.62. The van der Waals surface area contributed by atoms with Gasteiger partial charge in [0.2, 0.25) is 11.8 Å². The maximum Gasteiger partial charge on any atom is 0.312 e. The van der Waals surface area contributed by atoms with E-state index in [4.69, 9.17) is 14.6 Å². The van der Waals surface area contributed by atoms with Crippen LogP contribution in [0.25, 0.3) is 0 Å². The number of hydrogen-bond donors (Lipinski definition) is 1. The predicted molar refractivity (Wildman–Crippen MR) is 129 cm³/mol. The Kier molecular flexibility index (Phi) is 7.91. The standard InChI is InChI=1S/C27H36N2O6/c1-3-15-28(18-19-11-7-5-8-12-19)25(32)23-27-14-13-20(35-27)21(26(33)34-4-2)22(27)24(31)29(23)16-9-6-10-17-30/h3,5,7-8,11-12,20-23,30H,1,4,6,9-10,13-18H2,2H3/t20-,21+,22+,23?,27?/m1/s1. The number of unbranched alkanes of at least 4 members (excludes halogenated alkanes) is 2. The number of esters is 1. The van der Waals surface area contributed by atoms with Crippen LogP contribution in [0.15, 0.2) is 43.0 Å². The quantitative estimate of drug-likeness (QED) is 0.278. The smallest absolute Gasteiger partial charge is 0.312 e. The van der Waals surface area contributed by atoms with E-state index in [1.165, 1.54) is 0 Å². The monoisotopic (exact) mass is 484 g/mol. The number of rotatable bonds is 12. The van der Waals surface area contributed by atoms with Crippen LogP contribution < -0.4 is 0 Å². The Balaban J connectivity index is 1.67. The van der Waals surface area contributed by atoms with E-state index in [-0.39, 0.29) is 25.0 Å². The summed E-state index contributed by atoms with van der Waals surface area (Å²) in [6.45, 7) is 7.00. The largest absolute Gasteiger partial charge is 0.466 e. The number of ether oxygens (including phenoxy) is 2. The molecule has 35 heavy (non-hydrogen) atoms. The van der Waals surface area contributed by atoms with Crippen molar-refractivity contribution in [2.75, 3.05) is 26.3 Å². The van der Waals surface area contributed by atoms with Gasteiger partial charge in [0.15, 0.2) is 0 Å². The van der Waals surface area contributed by atoms with E-state index >= 15 is 0 Å². The molecule has 3 heterocycles. The lowest BCUT2D eigenvalue weighted by Gasteiger charge is -2.36. The van der Waals surface area contributed by atoms with Gasteiger partial charge in [-0.3, -0.25) is 14.4 Å². The van der Waals surface area contributed by atoms with Crippen LogP contribution in [0.4, 0.5) is 0 Å². The number of hydrogen-bond acceptors (Lipinski definition) is 6. The highest BCUT2D eigenvalue weighted by Gasteiger charge is 2.74. The highest BCUT2D eigenvalue weighted by Crippen LogP contribution is 2.58. The molecule has 4 rings (SSSR count). The Morgan fingerprint density at radius 1 is 1.29 bits per heavy atom. The van der Waals surface area contributed by atoms with Crippen LogP contribution >= 0.6 is 0 Å². The summed E-state index contributed by atoms with van der Waals surface area (Å²) in [4.78, 5) is 44.2. The summed E-state index contributed by atoms with van der Waals surface area (Å²) >= 11 is 0. The van der Waals surface area contributed by atoms with Gasteiger partial charge in [-0.1, -0.05) is 36.4 Å². The molecular formula is C27H36N2O6. The van der Waals surface area contributed by atoms with Crippen molar-refractivity contribution in [1.29, 1.82) is 0 Å². The summed E-state index contributed by atoms with van der Waals surface area (Å²) in [5.74, 6) is -2.20. The van der Waals surface area contributed by atoms with E-state index in [2.05, 4.69) is 6.58 Å². The molecule has 0 aromatic heterocycles. The van der Waals surface area contributed by atoms with Gasteiger partial charge in [-0.15, -0.1) is 6.58 Å². The number of likely N-dealkylation sites (tertiary alicyclic amines) is 1. The summed E-state index contributed by atoms with van der Waals surface area (Å²) in [7, 11) is 0. The number of carbonyl (C=O) groups excluding carboxylic acids is 3. The molecule has 3 fully saturated rings. The Morgan fingerprint density at radius 3 is 2.74 bits per heavy atom. The van der Waals surface area contributed by atoms with Crippen LogP contribution in [-0.4, -0.2) is 76.7 Å².